The number of hydrogen-bond donors (Lipinski definition) is 1. The van der Waals surface area contributed by atoms with Crippen LogP contribution in [0.25, 0.3) is 0 Å². The molecule has 0 unspecified atom stereocenters. The number of fused-ring (bicyclic) bond motifs is 1. The SMILES string of the molecule is COc1ccc(OCCNC(=O)CCN2C(=O)COc3ccccc32)cc1. The Morgan fingerprint density at radius 1 is 1.15 bits per heavy atom. The molecule has 0 bridgehead atoms. The van der Waals surface area contributed by atoms with Crippen molar-refractivity contribution in [3.8, 4) is 17.2 Å². The molecule has 2 amide bonds. The van der Waals surface area contributed by atoms with Gasteiger partial charge >= 0.3 is 0 Å². The highest BCUT2D eigenvalue weighted by Crippen LogP contribution is 2.31. The molecule has 7 nitrogen and oxygen atoms in total. The van der Waals surface area contributed by atoms with Gasteiger partial charge in [0.05, 0.1) is 19.3 Å². The number of benzene rings is 2. The standard InChI is InChI=1S/C20H22N2O5/c1-25-15-6-8-16(9-7-15)26-13-11-21-19(23)10-12-22-17-4-2-3-5-18(17)27-14-20(22)24/h2-9H,10-14H2,1H3,(H,21,23). The molecule has 3 rings (SSSR count). The third-order valence-corrected chi connectivity index (χ3v) is 4.12. The van der Waals surface area contributed by atoms with Crippen molar-refractivity contribution in [1.82, 2.24) is 5.32 Å². The van der Waals surface area contributed by atoms with Crippen molar-refractivity contribution >= 4 is 17.5 Å². The van der Waals surface area contributed by atoms with Crippen molar-refractivity contribution in [2.45, 2.75) is 6.42 Å². The smallest absolute Gasteiger partial charge is 0.265 e. The minimum Gasteiger partial charge on any atom is -0.497 e. The number of amides is 2. The number of carbonyl (C=O) groups excluding carboxylic acids is 2. The molecule has 1 aliphatic heterocycles. The van der Waals surface area contributed by atoms with Gasteiger partial charge in [-0.1, -0.05) is 12.1 Å². The minimum atomic E-state index is -0.149. The van der Waals surface area contributed by atoms with Crippen molar-refractivity contribution in [3.63, 3.8) is 0 Å². The lowest BCUT2D eigenvalue weighted by molar-refractivity contribution is -0.122. The first kappa shape index (κ1) is 18.6. The monoisotopic (exact) mass is 370 g/mol. The summed E-state index contributed by atoms with van der Waals surface area (Å²) in [6, 6.07) is 14.5. The second kappa shape index (κ2) is 8.93. The van der Waals surface area contributed by atoms with Crippen LogP contribution in [-0.2, 0) is 9.59 Å². The number of anilines is 1. The van der Waals surface area contributed by atoms with E-state index in [0.29, 0.717) is 36.9 Å². The van der Waals surface area contributed by atoms with Gasteiger partial charge in [0, 0.05) is 13.0 Å². The number of carbonyl (C=O) groups is 2. The van der Waals surface area contributed by atoms with E-state index in [2.05, 4.69) is 5.32 Å². The van der Waals surface area contributed by atoms with E-state index in [0.717, 1.165) is 5.75 Å². The van der Waals surface area contributed by atoms with Crippen LogP contribution in [0, 0.1) is 0 Å². The largest absolute Gasteiger partial charge is 0.497 e. The highest BCUT2D eigenvalue weighted by atomic mass is 16.5. The first-order valence-electron chi connectivity index (χ1n) is 8.73. The maximum Gasteiger partial charge on any atom is 0.265 e. The Kier molecular flexibility index (Phi) is 6.14. The molecule has 2 aromatic carbocycles. The zero-order valence-corrected chi connectivity index (χ0v) is 15.1. The molecule has 1 heterocycles. The van der Waals surface area contributed by atoms with E-state index in [1.54, 1.807) is 12.0 Å². The van der Waals surface area contributed by atoms with Crippen LogP contribution in [0.3, 0.4) is 0 Å². The summed E-state index contributed by atoms with van der Waals surface area (Å²) in [5, 5.41) is 2.80. The average molecular weight is 370 g/mol. The summed E-state index contributed by atoms with van der Waals surface area (Å²) in [5.41, 5.74) is 0.699. The van der Waals surface area contributed by atoms with Gasteiger partial charge in [-0.2, -0.15) is 0 Å². The van der Waals surface area contributed by atoms with Crippen LogP contribution in [-0.4, -0.2) is 45.2 Å². The Morgan fingerprint density at radius 3 is 2.67 bits per heavy atom. The van der Waals surface area contributed by atoms with Crippen LogP contribution in [0.4, 0.5) is 5.69 Å². The lowest BCUT2D eigenvalue weighted by Gasteiger charge is -2.29. The molecule has 0 saturated carbocycles. The van der Waals surface area contributed by atoms with Crippen LogP contribution < -0.4 is 24.4 Å². The van der Waals surface area contributed by atoms with Gasteiger partial charge < -0.3 is 24.4 Å². The minimum absolute atomic E-state index is 0.00562. The fraction of sp³-hybridized carbons (Fsp3) is 0.300. The number of para-hydroxylation sites is 2. The van der Waals surface area contributed by atoms with Crippen molar-refractivity contribution in [3.05, 3.63) is 48.5 Å². The van der Waals surface area contributed by atoms with E-state index < -0.39 is 0 Å². The zero-order valence-electron chi connectivity index (χ0n) is 15.1. The second-order valence-electron chi connectivity index (χ2n) is 5.93. The summed E-state index contributed by atoms with van der Waals surface area (Å²) in [5.74, 6) is 1.84. The fourth-order valence-electron chi connectivity index (χ4n) is 2.73. The quantitative estimate of drug-likeness (QED) is 0.720. The van der Waals surface area contributed by atoms with Crippen molar-refractivity contribution < 1.29 is 23.8 Å². The van der Waals surface area contributed by atoms with E-state index >= 15 is 0 Å². The van der Waals surface area contributed by atoms with E-state index in [1.807, 2.05) is 48.5 Å². The Morgan fingerprint density at radius 2 is 1.89 bits per heavy atom. The van der Waals surface area contributed by atoms with Gasteiger partial charge in [-0.15, -0.1) is 0 Å². The summed E-state index contributed by atoms with van der Waals surface area (Å²) in [6.45, 7) is 1.05. The number of rotatable bonds is 8. The normalized spacial score (nSPS) is 12.8. The summed E-state index contributed by atoms with van der Waals surface area (Å²) in [4.78, 5) is 25.7. The molecule has 0 radical (unpaired) electrons. The van der Waals surface area contributed by atoms with Gasteiger partial charge in [0.2, 0.25) is 5.91 Å². The van der Waals surface area contributed by atoms with E-state index in [4.69, 9.17) is 14.2 Å². The molecule has 142 valence electrons. The molecule has 27 heavy (non-hydrogen) atoms. The number of nitrogens with zero attached hydrogens (tertiary/aromatic N) is 1. The van der Waals surface area contributed by atoms with E-state index in [9.17, 15) is 9.59 Å². The highest BCUT2D eigenvalue weighted by Gasteiger charge is 2.25. The van der Waals surface area contributed by atoms with Gasteiger partial charge in [0.1, 0.15) is 23.9 Å². The number of hydrogen-bond acceptors (Lipinski definition) is 5. The van der Waals surface area contributed by atoms with Crippen LogP contribution in [0.15, 0.2) is 48.5 Å². The Hall–Kier alpha value is -3.22. The second-order valence-corrected chi connectivity index (χ2v) is 5.93. The third kappa shape index (κ3) is 4.91. The summed E-state index contributed by atoms with van der Waals surface area (Å²) in [7, 11) is 1.61. The van der Waals surface area contributed by atoms with Gasteiger partial charge in [-0.25, -0.2) is 0 Å². The highest BCUT2D eigenvalue weighted by molar-refractivity contribution is 5.98. The van der Waals surface area contributed by atoms with Crippen LogP contribution in [0.5, 0.6) is 17.2 Å². The molecule has 0 spiro atoms. The maximum absolute atomic E-state index is 12.1. The lowest BCUT2D eigenvalue weighted by Crippen LogP contribution is -2.41. The van der Waals surface area contributed by atoms with Crippen LogP contribution in [0.1, 0.15) is 6.42 Å². The van der Waals surface area contributed by atoms with Gasteiger partial charge in [0.15, 0.2) is 6.61 Å². The molecule has 0 aromatic heterocycles. The molecule has 0 aliphatic carbocycles. The topological polar surface area (TPSA) is 77.1 Å². The summed E-state index contributed by atoms with van der Waals surface area (Å²) in [6.07, 6.45) is 0.211. The fourth-order valence-corrected chi connectivity index (χ4v) is 2.73. The number of ether oxygens (including phenoxy) is 3. The Labute approximate surface area is 157 Å². The molecule has 0 atom stereocenters. The predicted molar refractivity (Wildman–Crippen MR) is 100 cm³/mol. The first-order chi connectivity index (χ1) is 13.2. The molecular weight excluding hydrogens is 348 g/mol. The maximum atomic E-state index is 12.1. The average Bonchev–Trinajstić information content (AvgIpc) is 2.71. The van der Waals surface area contributed by atoms with Crippen molar-refractivity contribution in [2.75, 3.05) is 38.3 Å². The third-order valence-electron chi connectivity index (χ3n) is 4.12. The molecule has 0 saturated heterocycles. The Bertz CT molecular complexity index is 791. The predicted octanol–water partition coefficient (Wildman–Crippen LogP) is 2.01. The van der Waals surface area contributed by atoms with E-state index in [-0.39, 0.29) is 24.8 Å². The zero-order chi connectivity index (χ0) is 19.1. The van der Waals surface area contributed by atoms with Crippen LogP contribution >= 0.6 is 0 Å². The number of methoxy groups -OCH3 is 1. The summed E-state index contributed by atoms with van der Waals surface area (Å²) >= 11 is 0. The van der Waals surface area contributed by atoms with Crippen molar-refractivity contribution in [1.29, 1.82) is 0 Å². The summed E-state index contributed by atoms with van der Waals surface area (Å²) < 4.78 is 16.0. The molecule has 1 aliphatic rings. The van der Waals surface area contributed by atoms with Gasteiger partial charge in [-0.05, 0) is 36.4 Å². The van der Waals surface area contributed by atoms with Crippen molar-refractivity contribution in [2.24, 2.45) is 0 Å². The molecule has 0 fully saturated rings. The molecule has 2 aromatic rings. The van der Waals surface area contributed by atoms with Crippen LogP contribution in [0.2, 0.25) is 0 Å². The Balaban J connectivity index is 1.40. The first-order valence-corrected chi connectivity index (χ1v) is 8.73. The molecule has 7 heteroatoms. The molecule has 1 N–H and O–H groups in total. The number of nitrogens with one attached hydrogen (secondary N) is 1. The van der Waals surface area contributed by atoms with Gasteiger partial charge in [-0.3, -0.25) is 9.59 Å². The lowest BCUT2D eigenvalue weighted by atomic mass is 10.2. The molecular formula is C20H22N2O5. The van der Waals surface area contributed by atoms with Gasteiger partial charge in [0.25, 0.3) is 5.91 Å². The van der Waals surface area contributed by atoms with E-state index in [1.165, 1.54) is 0 Å².